The lowest BCUT2D eigenvalue weighted by atomic mass is 9.84. The van der Waals surface area contributed by atoms with Gasteiger partial charge in [-0.1, -0.05) is 23.7 Å². The highest BCUT2D eigenvalue weighted by atomic mass is 35.5. The molecule has 2 atom stereocenters. The molecule has 1 aromatic carbocycles. The van der Waals surface area contributed by atoms with Crippen molar-refractivity contribution in [3.63, 3.8) is 0 Å². The van der Waals surface area contributed by atoms with Gasteiger partial charge in [0.1, 0.15) is 23.7 Å². The number of carbonyl (C=O) groups is 2. The first kappa shape index (κ1) is 33.8. The number of carboxylic acids is 2. The molecule has 1 spiro atoms. The quantitative estimate of drug-likeness (QED) is 0.243. The Bertz CT molecular complexity index is 1490. The number of carboxylic acid groups (broad SMARTS) is 2. The van der Waals surface area contributed by atoms with E-state index < -0.39 is 42.3 Å². The fourth-order valence-corrected chi connectivity index (χ4v) is 6.69. The van der Waals surface area contributed by atoms with Gasteiger partial charge < -0.3 is 30.5 Å². The van der Waals surface area contributed by atoms with Crippen molar-refractivity contribution < 1.29 is 47.9 Å². The van der Waals surface area contributed by atoms with Crippen LogP contribution in [0.3, 0.4) is 0 Å². The van der Waals surface area contributed by atoms with Crippen molar-refractivity contribution in [2.45, 2.75) is 56.6 Å². The fourth-order valence-electron chi connectivity index (χ4n) is 5.21. The number of aliphatic hydroxyl groups excluding tert-OH is 2. The molecule has 2 aromatic heterocycles. The summed E-state index contributed by atoms with van der Waals surface area (Å²) in [4.78, 5) is 22.4. The lowest BCUT2D eigenvalue weighted by Crippen LogP contribution is -2.48. The number of nitrogens with zero attached hydrogens (tertiary/aromatic N) is 3. The third-order valence-electron chi connectivity index (χ3n) is 7.57. The van der Waals surface area contributed by atoms with Crippen LogP contribution >= 0.6 is 22.9 Å². The summed E-state index contributed by atoms with van der Waals surface area (Å²) in [6, 6.07) is 6.41. The number of aryl methyl sites for hydroxylation is 1. The lowest BCUT2D eigenvalue weighted by Gasteiger charge is -2.45. The van der Waals surface area contributed by atoms with Gasteiger partial charge in [0.25, 0.3) is 5.92 Å². The maximum absolute atomic E-state index is 14.7. The van der Waals surface area contributed by atoms with E-state index in [4.69, 9.17) is 36.8 Å². The molecule has 0 amide bonds. The van der Waals surface area contributed by atoms with Crippen molar-refractivity contribution in [1.29, 1.82) is 0 Å². The van der Waals surface area contributed by atoms with Crippen molar-refractivity contribution in [3.8, 4) is 5.69 Å². The maximum atomic E-state index is 14.7. The summed E-state index contributed by atoms with van der Waals surface area (Å²) in [6.07, 6.45) is -1.43. The number of hydrogen-bond acceptors (Lipinski definition) is 9. The van der Waals surface area contributed by atoms with Crippen LogP contribution in [-0.2, 0) is 38.9 Å². The summed E-state index contributed by atoms with van der Waals surface area (Å²) in [6.45, 7) is 3.86. The Kier molecular flexibility index (Phi) is 10.4. The van der Waals surface area contributed by atoms with Gasteiger partial charge in [-0.25, -0.2) is 18.7 Å². The van der Waals surface area contributed by atoms with Crippen LogP contribution in [0.4, 0.5) is 13.2 Å². The van der Waals surface area contributed by atoms with Crippen molar-refractivity contribution in [3.05, 3.63) is 67.9 Å². The van der Waals surface area contributed by atoms with Crippen LogP contribution in [0.5, 0.6) is 0 Å². The van der Waals surface area contributed by atoms with Crippen molar-refractivity contribution in [2.75, 3.05) is 26.7 Å². The molecule has 1 saturated heterocycles. The number of ether oxygens (including phenoxy) is 1. The minimum atomic E-state index is -3.01. The first-order valence-electron chi connectivity index (χ1n) is 13.5. The first-order chi connectivity index (χ1) is 20.7. The molecule has 1 fully saturated rings. The molecule has 0 aliphatic carbocycles. The molecule has 16 heteroatoms. The van der Waals surface area contributed by atoms with Crippen molar-refractivity contribution >= 4 is 34.9 Å². The molecule has 44 heavy (non-hydrogen) atoms. The van der Waals surface area contributed by atoms with E-state index in [-0.39, 0.29) is 11.4 Å². The number of piperidine rings is 1. The van der Waals surface area contributed by atoms with Gasteiger partial charge in [-0.15, -0.1) is 11.3 Å². The molecule has 2 aliphatic heterocycles. The van der Waals surface area contributed by atoms with Gasteiger partial charge in [-0.2, -0.15) is 13.9 Å². The monoisotopic (exact) mass is 660 g/mol. The number of aromatic nitrogens is 2. The number of para-hydroxylation sites is 1. The zero-order valence-corrected chi connectivity index (χ0v) is 25.3. The smallest absolute Gasteiger partial charge is 0.335 e. The summed E-state index contributed by atoms with van der Waals surface area (Å²) in [5, 5.41) is 40.2. The predicted octanol–water partition coefficient (Wildman–Crippen LogP) is 3.24. The highest BCUT2D eigenvalue weighted by molar-refractivity contribution is 7.16. The summed E-state index contributed by atoms with van der Waals surface area (Å²) in [7, 11) is 1.82. The van der Waals surface area contributed by atoms with Crippen LogP contribution in [0.15, 0.2) is 30.5 Å². The number of benzene rings is 1. The average Bonchev–Trinajstić information content (AvgIpc) is 3.55. The van der Waals surface area contributed by atoms with Crippen LogP contribution in [0.25, 0.3) is 5.69 Å². The molecule has 2 aliphatic rings. The van der Waals surface area contributed by atoms with E-state index >= 15 is 0 Å². The number of aliphatic hydroxyl groups is 2. The number of nitrogens with one attached hydrogen (secondary N) is 1. The molecule has 5 rings (SSSR count). The van der Waals surface area contributed by atoms with E-state index in [1.165, 1.54) is 23.5 Å². The topological polar surface area (TPSA) is 157 Å². The Balaban J connectivity index is 0.000000382. The zero-order chi connectivity index (χ0) is 32.4. The molecule has 3 aromatic rings. The zero-order valence-electron chi connectivity index (χ0n) is 23.8. The number of likely N-dealkylation sites (tertiary alicyclic amines) is 1. The Morgan fingerprint density at radius 1 is 1.16 bits per heavy atom. The van der Waals surface area contributed by atoms with Crippen LogP contribution < -0.4 is 5.32 Å². The minimum Gasteiger partial charge on any atom is -0.479 e. The van der Waals surface area contributed by atoms with E-state index in [9.17, 15) is 22.8 Å². The molecule has 5 N–H and O–H groups in total. The van der Waals surface area contributed by atoms with Crippen molar-refractivity contribution in [1.82, 2.24) is 20.0 Å². The lowest BCUT2D eigenvalue weighted by molar-refractivity contribution is -0.182. The number of hydrogen-bond donors (Lipinski definition) is 5. The molecule has 0 saturated carbocycles. The number of thiophene rings is 1. The Labute approximate surface area is 259 Å². The number of fused-ring (bicyclic) bond motifs is 2. The van der Waals surface area contributed by atoms with Gasteiger partial charge in [0.15, 0.2) is 12.2 Å². The van der Waals surface area contributed by atoms with Crippen LogP contribution in [0.2, 0.25) is 4.34 Å². The van der Waals surface area contributed by atoms with E-state index in [0.717, 1.165) is 16.8 Å². The third kappa shape index (κ3) is 7.09. The summed E-state index contributed by atoms with van der Waals surface area (Å²) < 4.78 is 51.2. The molecule has 0 unspecified atom stereocenters. The average molecular weight is 661 g/mol. The van der Waals surface area contributed by atoms with E-state index in [2.05, 4.69) is 15.3 Å². The second-order valence-corrected chi connectivity index (χ2v) is 12.3. The summed E-state index contributed by atoms with van der Waals surface area (Å²) in [5.41, 5.74) is 2.42. The van der Waals surface area contributed by atoms with Crippen LogP contribution in [0.1, 0.15) is 40.1 Å². The second kappa shape index (κ2) is 13.5. The second-order valence-electron chi connectivity index (χ2n) is 10.6. The van der Waals surface area contributed by atoms with E-state index in [0.29, 0.717) is 53.9 Å². The van der Waals surface area contributed by atoms with Gasteiger partial charge in [-0.3, -0.25) is 4.90 Å². The molecular formula is C28H32ClF3N4O7S. The Morgan fingerprint density at radius 2 is 1.80 bits per heavy atom. The van der Waals surface area contributed by atoms with Gasteiger partial charge in [0.2, 0.25) is 0 Å². The molecule has 0 bridgehead atoms. The van der Waals surface area contributed by atoms with Gasteiger partial charge >= 0.3 is 11.9 Å². The summed E-state index contributed by atoms with van der Waals surface area (Å²) >= 11 is 7.31. The third-order valence-corrected chi connectivity index (χ3v) is 9.02. The van der Waals surface area contributed by atoms with E-state index in [1.807, 2.05) is 26.2 Å². The Hall–Kier alpha value is -3.05. The van der Waals surface area contributed by atoms with Crippen LogP contribution in [0, 0.1) is 12.7 Å². The summed E-state index contributed by atoms with van der Waals surface area (Å²) in [5.74, 6) is -6.87. The minimum absolute atomic E-state index is 0.0154. The van der Waals surface area contributed by atoms with Crippen molar-refractivity contribution in [2.24, 2.45) is 0 Å². The standard InChI is InChI=1S/C24H26ClF3N4OS.C4H6O6/c1-15-17(13-32(30-15)21-16(11-29-2)4-3-5-19(21)26)12-31-8-6-23(7-9-31)22-18(10-20(25)34-22)24(27,28)14-33-23;5-1(3(7)8)2(6)4(9)10/h3-5,10,13,29H,6-9,11-12,14H2,1-2H3;1-2,5-6H,(H,7,8)(H,9,10)/t;1-,2-/m.1/s1. The molecular weight excluding hydrogens is 629 g/mol. The highest BCUT2D eigenvalue weighted by Gasteiger charge is 2.51. The normalized spacial score (nSPS) is 18.6. The molecule has 11 nitrogen and oxygen atoms in total. The van der Waals surface area contributed by atoms with E-state index in [1.54, 1.807) is 10.7 Å². The van der Waals surface area contributed by atoms with Crippen LogP contribution in [-0.4, -0.2) is 86.0 Å². The largest absolute Gasteiger partial charge is 0.479 e. The van der Waals surface area contributed by atoms with Gasteiger partial charge in [0.05, 0.1) is 10.0 Å². The first-order valence-corrected chi connectivity index (χ1v) is 14.7. The fraction of sp³-hybridized carbons (Fsp3) is 0.464. The Morgan fingerprint density at radius 3 is 2.39 bits per heavy atom. The number of halogens is 4. The van der Waals surface area contributed by atoms with Gasteiger partial charge in [-0.05, 0) is 44.5 Å². The predicted molar refractivity (Wildman–Crippen MR) is 154 cm³/mol. The molecule has 0 radical (unpaired) electrons. The SMILES string of the molecule is CNCc1cccc(F)c1-n1cc(CN2CCC3(CC2)OCC(F)(F)c2cc(Cl)sc23)c(C)n1.O=C(O)[C@H](O)[C@@H](O)C(=O)O. The van der Waals surface area contributed by atoms with Gasteiger partial charge in [0, 0.05) is 48.4 Å². The molecule has 4 heterocycles. The highest BCUT2D eigenvalue weighted by Crippen LogP contribution is 2.52. The number of aliphatic carboxylic acids is 2. The number of alkyl halides is 2. The number of rotatable bonds is 8. The maximum Gasteiger partial charge on any atom is 0.335 e. The molecule has 240 valence electrons.